The molecule has 0 saturated carbocycles. The van der Waals surface area contributed by atoms with Gasteiger partial charge in [-0.15, -0.1) is 11.3 Å². The molecule has 0 atom stereocenters. The van der Waals surface area contributed by atoms with Crippen LogP contribution in [-0.2, 0) is 6.42 Å². The topological polar surface area (TPSA) is 119 Å². The lowest BCUT2D eigenvalue weighted by atomic mass is 10.0. The van der Waals surface area contributed by atoms with E-state index in [1.165, 1.54) is 28.6 Å². The first-order chi connectivity index (χ1) is 16.2. The zero-order valence-corrected chi connectivity index (χ0v) is 18.5. The molecule has 0 fully saturated rings. The first-order valence-corrected chi connectivity index (χ1v) is 11.2. The Labute approximate surface area is 193 Å². The molecule has 0 aliphatic rings. The summed E-state index contributed by atoms with van der Waals surface area (Å²) >= 11 is 1.40. The highest BCUT2D eigenvalue weighted by molar-refractivity contribution is 7.19. The monoisotopic (exact) mass is 460 g/mol. The van der Waals surface area contributed by atoms with Gasteiger partial charge in [-0.1, -0.05) is 23.4 Å². The number of aromatic nitrogens is 5. The number of ether oxygens (including phenoxy) is 1. The van der Waals surface area contributed by atoms with Gasteiger partial charge in [-0.2, -0.15) is 4.98 Å². The predicted octanol–water partition coefficient (Wildman–Crippen LogP) is 4.56. The van der Waals surface area contributed by atoms with Crippen LogP contribution in [0.1, 0.15) is 12.5 Å². The van der Waals surface area contributed by atoms with Crippen LogP contribution in [0.15, 0.2) is 59.6 Å². The van der Waals surface area contributed by atoms with Crippen LogP contribution in [0.3, 0.4) is 0 Å². The molecule has 9 nitrogen and oxygen atoms in total. The van der Waals surface area contributed by atoms with Crippen LogP contribution in [0.25, 0.3) is 32.0 Å². The number of rotatable bonds is 8. The van der Waals surface area contributed by atoms with E-state index >= 15 is 0 Å². The average molecular weight is 461 g/mol. The van der Waals surface area contributed by atoms with E-state index in [0.717, 1.165) is 34.7 Å². The molecule has 4 aromatic heterocycles. The molecule has 0 unspecified atom stereocenters. The molecule has 5 rings (SSSR count). The molecule has 0 spiro atoms. The Morgan fingerprint density at radius 1 is 1.18 bits per heavy atom. The zero-order chi connectivity index (χ0) is 22.6. The number of aromatic hydroxyl groups is 1. The molecule has 33 heavy (non-hydrogen) atoms. The van der Waals surface area contributed by atoms with Crippen molar-refractivity contribution in [2.45, 2.75) is 13.3 Å². The van der Waals surface area contributed by atoms with Gasteiger partial charge in [0.15, 0.2) is 0 Å². The van der Waals surface area contributed by atoms with Crippen molar-refractivity contribution in [2.24, 2.45) is 0 Å². The summed E-state index contributed by atoms with van der Waals surface area (Å²) in [6, 6.07) is 12.1. The van der Waals surface area contributed by atoms with Crippen molar-refractivity contribution in [1.82, 2.24) is 25.1 Å². The van der Waals surface area contributed by atoms with Gasteiger partial charge in [0.2, 0.25) is 5.82 Å². The maximum Gasteiger partial charge on any atom is 0.415 e. The Hall–Kier alpha value is -4.05. The van der Waals surface area contributed by atoms with Gasteiger partial charge >= 0.3 is 6.08 Å². The van der Waals surface area contributed by atoms with Gasteiger partial charge in [0.25, 0.3) is 0 Å². The number of nitrogens with one attached hydrogen (secondary N) is 1. The highest BCUT2D eigenvalue weighted by atomic mass is 32.1. The van der Waals surface area contributed by atoms with Crippen molar-refractivity contribution in [1.29, 1.82) is 0 Å². The van der Waals surface area contributed by atoms with Gasteiger partial charge in [-0.25, -0.2) is 9.97 Å². The number of benzene rings is 1. The lowest BCUT2D eigenvalue weighted by molar-refractivity contribution is 0.267. The molecule has 0 radical (unpaired) electrons. The molecule has 0 amide bonds. The molecule has 4 heterocycles. The Morgan fingerprint density at radius 3 is 2.97 bits per heavy atom. The molecular weight excluding hydrogens is 440 g/mol. The van der Waals surface area contributed by atoms with Gasteiger partial charge in [0, 0.05) is 36.5 Å². The predicted molar refractivity (Wildman–Crippen MR) is 125 cm³/mol. The Morgan fingerprint density at radius 2 is 2.12 bits per heavy atom. The number of fused-ring (bicyclic) bond motifs is 1. The van der Waals surface area contributed by atoms with E-state index in [1.807, 2.05) is 37.5 Å². The Bertz CT molecular complexity index is 1390. The fraction of sp³-hybridized carbons (Fsp3) is 0.174. The molecule has 166 valence electrons. The highest BCUT2D eigenvalue weighted by Crippen LogP contribution is 2.41. The second-order valence-electron chi connectivity index (χ2n) is 7.12. The van der Waals surface area contributed by atoms with Crippen LogP contribution in [0.4, 0.5) is 5.82 Å². The molecule has 0 aliphatic heterocycles. The minimum absolute atomic E-state index is 0.268. The Kier molecular flexibility index (Phi) is 5.81. The summed E-state index contributed by atoms with van der Waals surface area (Å²) in [7, 11) is 0. The maximum atomic E-state index is 9.41. The first-order valence-electron chi connectivity index (χ1n) is 10.4. The van der Waals surface area contributed by atoms with Crippen LogP contribution in [-0.4, -0.2) is 43.4 Å². The number of nitrogens with zero attached hydrogens (tertiary/aromatic N) is 5. The lowest BCUT2D eigenvalue weighted by Gasteiger charge is -2.08. The van der Waals surface area contributed by atoms with Crippen LogP contribution in [0, 0.1) is 0 Å². The largest absolute Gasteiger partial charge is 0.492 e. The van der Waals surface area contributed by atoms with E-state index in [1.54, 1.807) is 0 Å². The van der Waals surface area contributed by atoms with Gasteiger partial charge in [-0.05, 0) is 30.4 Å². The first kappa shape index (κ1) is 20.8. The van der Waals surface area contributed by atoms with Crippen LogP contribution in [0.2, 0.25) is 0 Å². The number of hydrogen-bond donors (Lipinski definition) is 2. The lowest BCUT2D eigenvalue weighted by Crippen LogP contribution is -2.07. The summed E-state index contributed by atoms with van der Waals surface area (Å²) in [6.45, 7) is 3.10. The summed E-state index contributed by atoms with van der Waals surface area (Å²) in [4.78, 5) is 18.4. The molecule has 2 N–H and O–H groups in total. The van der Waals surface area contributed by atoms with E-state index in [-0.39, 0.29) is 5.82 Å². The Balaban J connectivity index is 1.34. The summed E-state index contributed by atoms with van der Waals surface area (Å²) in [5.41, 5.74) is 2.00. The van der Waals surface area contributed by atoms with Crippen LogP contribution < -0.4 is 10.1 Å². The molecule has 5 aromatic rings. The van der Waals surface area contributed by atoms with Crippen molar-refractivity contribution in [3.8, 4) is 33.1 Å². The zero-order valence-electron chi connectivity index (χ0n) is 17.7. The summed E-state index contributed by atoms with van der Waals surface area (Å²) in [5, 5.41) is 18.9. The van der Waals surface area contributed by atoms with E-state index in [4.69, 9.17) is 9.26 Å². The fourth-order valence-corrected chi connectivity index (χ4v) is 4.54. The number of hydrogen-bond acceptors (Lipinski definition) is 10. The fourth-order valence-electron chi connectivity index (χ4n) is 3.55. The van der Waals surface area contributed by atoms with Gasteiger partial charge in [0.05, 0.1) is 17.2 Å². The third-order valence-corrected chi connectivity index (χ3v) is 6.14. The highest BCUT2D eigenvalue weighted by Gasteiger charge is 2.19. The average Bonchev–Trinajstić information content (AvgIpc) is 3.46. The molecule has 0 bridgehead atoms. The van der Waals surface area contributed by atoms with Gasteiger partial charge in [-0.3, -0.25) is 9.51 Å². The van der Waals surface area contributed by atoms with Gasteiger partial charge < -0.3 is 15.2 Å². The number of pyridine rings is 1. The number of anilines is 1. The van der Waals surface area contributed by atoms with Crippen molar-refractivity contribution in [3.63, 3.8) is 0 Å². The summed E-state index contributed by atoms with van der Waals surface area (Å²) < 4.78 is 10.4. The number of thiophene rings is 1. The van der Waals surface area contributed by atoms with Crippen molar-refractivity contribution in [2.75, 3.05) is 18.5 Å². The van der Waals surface area contributed by atoms with Crippen LogP contribution in [0.5, 0.6) is 11.8 Å². The van der Waals surface area contributed by atoms with Crippen molar-refractivity contribution >= 4 is 27.9 Å². The molecule has 10 heteroatoms. The van der Waals surface area contributed by atoms with E-state index in [2.05, 4.69) is 48.6 Å². The van der Waals surface area contributed by atoms with Gasteiger partial charge in [0.1, 0.15) is 22.8 Å². The quantitative estimate of drug-likeness (QED) is 0.343. The molecule has 1 aromatic carbocycles. The summed E-state index contributed by atoms with van der Waals surface area (Å²) in [6.07, 6.45) is 5.59. The molecule has 0 aliphatic carbocycles. The van der Waals surface area contributed by atoms with Crippen LogP contribution >= 0.6 is 11.3 Å². The van der Waals surface area contributed by atoms with E-state index in [0.29, 0.717) is 17.2 Å². The third-order valence-electron chi connectivity index (χ3n) is 5.01. The molecule has 0 saturated heterocycles. The molecular formula is C23H20N6O3S. The van der Waals surface area contributed by atoms with Crippen molar-refractivity contribution < 1.29 is 14.4 Å². The summed E-state index contributed by atoms with van der Waals surface area (Å²) in [5.74, 6) is 1.61. The maximum absolute atomic E-state index is 9.41. The minimum Gasteiger partial charge on any atom is -0.492 e. The SMILES string of the molecule is CCOc1cc(-c2cc(NCCc3cccc4cnccc34)ncn2)sc1-c1noc(O)n1. The van der Waals surface area contributed by atoms with Crippen molar-refractivity contribution in [3.05, 3.63) is 60.7 Å². The minimum atomic E-state index is -0.488. The normalized spacial score (nSPS) is 11.1. The second kappa shape index (κ2) is 9.21. The third kappa shape index (κ3) is 4.46. The van der Waals surface area contributed by atoms with E-state index in [9.17, 15) is 5.11 Å². The second-order valence-corrected chi connectivity index (χ2v) is 8.17. The standard InChI is InChI=1S/C23H20N6O3S/c1-2-31-18-11-19(33-21(18)22-28-23(30)32-29-22)17-10-20(27-13-26-17)25-9-6-14-4-3-5-15-12-24-8-7-16(14)15/h3-5,7-8,10-13H,2,6,9H2,1H3,(H,25,26,27)(H,28,29,30). The smallest absolute Gasteiger partial charge is 0.415 e. The van der Waals surface area contributed by atoms with E-state index < -0.39 is 6.08 Å².